The first kappa shape index (κ1) is 15.8. The number of para-hydroxylation sites is 2. The highest BCUT2D eigenvalue weighted by molar-refractivity contribution is 5.84. The van der Waals surface area contributed by atoms with E-state index in [0.29, 0.717) is 18.0 Å². The number of carbonyl (C=O) groups excluding carboxylic acids is 2. The van der Waals surface area contributed by atoms with Gasteiger partial charge in [-0.2, -0.15) is 0 Å². The normalized spacial score (nSPS) is 9.85. The number of anilines is 1. The molecule has 0 aromatic heterocycles. The highest BCUT2D eigenvalue weighted by Crippen LogP contribution is 2.19. The van der Waals surface area contributed by atoms with Gasteiger partial charge in [-0.15, -0.1) is 0 Å². The number of ether oxygens (including phenoxy) is 1. The van der Waals surface area contributed by atoms with Gasteiger partial charge in [0.15, 0.2) is 0 Å². The lowest BCUT2D eigenvalue weighted by Gasteiger charge is -2.09. The molecule has 0 bridgehead atoms. The van der Waals surface area contributed by atoms with Gasteiger partial charge in [-0.3, -0.25) is 9.59 Å². The predicted molar refractivity (Wildman–Crippen MR) is 77.3 cm³/mol. The second-order valence-corrected chi connectivity index (χ2v) is 4.26. The maximum absolute atomic E-state index is 11.5. The van der Waals surface area contributed by atoms with Crippen LogP contribution in [0.5, 0.6) is 5.75 Å². The fourth-order valence-corrected chi connectivity index (χ4v) is 1.46. The summed E-state index contributed by atoms with van der Waals surface area (Å²) in [6, 6.07) is 7.09. The highest BCUT2D eigenvalue weighted by Gasteiger charge is 2.06. The largest absolute Gasteiger partial charge is 0.491 e. The Labute approximate surface area is 118 Å². The molecule has 0 saturated carbocycles. The van der Waals surface area contributed by atoms with Crippen LogP contribution in [0, 0.1) is 0 Å². The minimum absolute atomic E-state index is 0.00763. The standard InChI is InChI=1S/C14H21N3O3/c1-2-8-16-14(19)10-17-13(18)7-9-20-12-6-4-3-5-11(12)15/h3-6H,2,7-10,15H2,1H3,(H,16,19)(H,17,18). The highest BCUT2D eigenvalue weighted by atomic mass is 16.5. The van der Waals surface area contributed by atoms with E-state index in [2.05, 4.69) is 10.6 Å². The summed E-state index contributed by atoms with van der Waals surface area (Å²) >= 11 is 0. The molecule has 0 atom stereocenters. The second-order valence-electron chi connectivity index (χ2n) is 4.26. The monoisotopic (exact) mass is 279 g/mol. The van der Waals surface area contributed by atoms with Crippen LogP contribution in [0.4, 0.5) is 5.69 Å². The smallest absolute Gasteiger partial charge is 0.239 e. The molecule has 0 heterocycles. The van der Waals surface area contributed by atoms with Crippen LogP contribution in [0.2, 0.25) is 0 Å². The third kappa shape index (κ3) is 6.08. The first-order valence-electron chi connectivity index (χ1n) is 6.64. The molecular weight excluding hydrogens is 258 g/mol. The lowest BCUT2D eigenvalue weighted by Crippen LogP contribution is -2.37. The fraction of sp³-hybridized carbons (Fsp3) is 0.429. The number of hydrogen-bond acceptors (Lipinski definition) is 4. The van der Waals surface area contributed by atoms with Crippen molar-refractivity contribution in [3.8, 4) is 5.75 Å². The van der Waals surface area contributed by atoms with Crippen molar-refractivity contribution in [1.29, 1.82) is 0 Å². The molecule has 0 spiro atoms. The Balaban J connectivity index is 2.17. The van der Waals surface area contributed by atoms with E-state index in [-0.39, 0.29) is 31.4 Å². The average molecular weight is 279 g/mol. The van der Waals surface area contributed by atoms with Crippen molar-refractivity contribution in [2.24, 2.45) is 0 Å². The average Bonchev–Trinajstić information content (AvgIpc) is 2.45. The minimum atomic E-state index is -0.230. The Morgan fingerprint density at radius 2 is 1.95 bits per heavy atom. The molecular formula is C14H21N3O3. The van der Waals surface area contributed by atoms with Crippen molar-refractivity contribution in [2.45, 2.75) is 19.8 Å². The van der Waals surface area contributed by atoms with Gasteiger partial charge in [0.2, 0.25) is 11.8 Å². The van der Waals surface area contributed by atoms with Crippen LogP contribution < -0.4 is 21.1 Å². The molecule has 6 heteroatoms. The van der Waals surface area contributed by atoms with E-state index in [1.165, 1.54) is 0 Å². The Bertz CT molecular complexity index is 449. The topological polar surface area (TPSA) is 93.5 Å². The van der Waals surface area contributed by atoms with E-state index in [1.54, 1.807) is 12.1 Å². The van der Waals surface area contributed by atoms with E-state index >= 15 is 0 Å². The number of rotatable bonds is 8. The molecule has 0 radical (unpaired) electrons. The third-order valence-corrected chi connectivity index (χ3v) is 2.52. The molecule has 2 amide bonds. The molecule has 0 aliphatic rings. The molecule has 6 nitrogen and oxygen atoms in total. The predicted octanol–water partition coefficient (Wildman–Crippen LogP) is 0.680. The van der Waals surface area contributed by atoms with Gasteiger partial charge >= 0.3 is 0 Å². The number of amides is 2. The Morgan fingerprint density at radius 1 is 1.20 bits per heavy atom. The van der Waals surface area contributed by atoms with Crippen LogP contribution in [-0.2, 0) is 9.59 Å². The molecule has 0 saturated heterocycles. The Hall–Kier alpha value is -2.24. The lowest BCUT2D eigenvalue weighted by molar-refractivity contribution is -0.126. The summed E-state index contributed by atoms with van der Waals surface area (Å²) in [4.78, 5) is 22.8. The van der Waals surface area contributed by atoms with Gasteiger partial charge in [-0.1, -0.05) is 19.1 Å². The van der Waals surface area contributed by atoms with Crippen molar-refractivity contribution in [1.82, 2.24) is 10.6 Å². The van der Waals surface area contributed by atoms with Crippen molar-refractivity contribution >= 4 is 17.5 Å². The molecule has 1 rings (SSSR count). The van der Waals surface area contributed by atoms with E-state index in [1.807, 2.05) is 19.1 Å². The summed E-state index contributed by atoms with van der Waals surface area (Å²) in [5, 5.41) is 5.21. The van der Waals surface area contributed by atoms with E-state index < -0.39 is 0 Å². The SMILES string of the molecule is CCCNC(=O)CNC(=O)CCOc1ccccc1N. The van der Waals surface area contributed by atoms with Gasteiger partial charge in [-0.25, -0.2) is 0 Å². The van der Waals surface area contributed by atoms with Crippen LogP contribution in [0.25, 0.3) is 0 Å². The van der Waals surface area contributed by atoms with Crippen LogP contribution in [-0.4, -0.2) is 31.5 Å². The zero-order chi connectivity index (χ0) is 14.8. The van der Waals surface area contributed by atoms with Gasteiger partial charge in [0.05, 0.1) is 25.3 Å². The Morgan fingerprint density at radius 3 is 2.65 bits per heavy atom. The number of nitrogens with two attached hydrogens (primary N) is 1. The minimum Gasteiger partial charge on any atom is -0.491 e. The summed E-state index contributed by atoms with van der Waals surface area (Å²) < 4.78 is 5.39. The summed E-state index contributed by atoms with van der Waals surface area (Å²) in [5.41, 5.74) is 6.24. The number of benzene rings is 1. The third-order valence-electron chi connectivity index (χ3n) is 2.52. The molecule has 0 fully saturated rings. The second kappa shape index (κ2) is 8.79. The molecule has 20 heavy (non-hydrogen) atoms. The number of carbonyl (C=O) groups is 2. The van der Waals surface area contributed by atoms with E-state index in [9.17, 15) is 9.59 Å². The van der Waals surface area contributed by atoms with Crippen molar-refractivity contribution in [3.05, 3.63) is 24.3 Å². The first-order chi connectivity index (χ1) is 9.63. The van der Waals surface area contributed by atoms with Crippen LogP contribution >= 0.6 is 0 Å². The summed E-state index contributed by atoms with van der Waals surface area (Å²) in [7, 11) is 0. The maximum atomic E-state index is 11.5. The zero-order valence-corrected chi connectivity index (χ0v) is 11.6. The van der Waals surface area contributed by atoms with Gasteiger partial charge in [0.25, 0.3) is 0 Å². The van der Waals surface area contributed by atoms with Crippen LogP contribution in [0.3, 0.4) is 0 Å². The number of nitrogen functional groups attached to an aromatic ring is 1. The first-order valence-corrected chi connectivity index (χ1v) is 6.64. The van der Waals surface area contributed by atoms with Gasteiger partial charge in [0.1, 0.15) is 5.75 Å². The van der Waals surface area contributed by atoms with Gasteiger partial charge < -0.3 is 21.1 Å². The van der Waals surface area contributed by atoms with E-state index in [4.69, 9.17) is 10.5 Å². The molecule has 0 aliphatic carbocycles. The summed E-state index contributed by atoms with van der Waals surface area (Å²) in [5.74, 6) is 0.139. The molecule has 0 unspecified atom stereocenters. The summed E-state index contributed by atoms with van der Waals surface area (Å²) in [6.07, 6.45) is 1.04. The molecule has 1 aromatic rings. The van der Waals surface area contributed by atoms with Crippen molar-refractivity contribution in [2.75, 3.05) is 25.4 Å². The van der Waals surface area contributed by atoms with Crippen LogP contribution in [0.1, 0.15) is 19.8 Å². The zero-order valence-electron chi connectivity index (χ0n) is 11.6. The fourth-order valence-electron chi connectivity index (χ4n) is 1.46. The number of hydrogen-bond donors (Lipinski definition) is 3. The molecule has 4 N–H and O–H groups in total. The quantitative estimate of drug-likeness (QED) is 0.610. The summed E-state index contributed by atoms with van der Waals surface area (Å²) in [6.45, 7) is 2.79. The van der Waals surface area contributed by atoms with Gasteiger partial charge in [0, 0.05) is 6.54 Å². The van der Waals surface area contributed by atoms with Crippen molar-refractivity contribution < 1.29 is 14.3 Å². The molecule has 0 aliphatic heterocycles. The maximum Gasteiger partial charge on any atom is 0.239 e. The lowest BCUT2D eigenvalue weighted by atomic mass is 10.3. The van der Waals surface area contributed by atoms with E-state index in [0.717, 1.165) is 6.42 Å². The number of nitrogens with one attached hydrogen (secondary N) is 2. The Kier molecular flexibility index (Phi) is 6.95. The molecule has 1 aromatic carbocycles. The van der Waals surface area contributed by atoms with Crippen molar-refractivity contribution in [3.63, 3.8) is 0 Å². The van der Waals surface area contributed by atoms with Crippen LogP contribution in [0.15, 0.2) is 24.3 Å². The van der Waals surface area contributed by atoms with Gasteiger partial charge in [-0.05, 0) is 18.6 Å². The molecule has 110 valence electrons.